The van der Waals surface area contributed by atoms with Crippen LogP contribution >= 0.6 is 12.2 Å². The van der Waals surface area contributed by atoms with E-state index in [1.54, 1.807) is 27.5 Å². The van der Waals surface area contributed by atoms with Crippen LogP contribution in [0.2, 0.25) is 0 Å². The molecule has 3 atom stereocenters. The fourth-order valence-electron chi connectivity index (χ4n) is 3.49. The molecule has 0 spiro atoms. The minimum absolute atomic E-state index is 0.409. The molecule has 1 aromatic rings. The van der Waals surface area contributed by atoms with E-state index >= 15 is 0 Å². The molecule has 0 aromatic heterocycles. The molecule has 0 amide bonds. The fraction of sp³-hybridized carbons (Fsp3) is 0.444. The van der Waals surface area contributed by atoms with E-state index in [-0.39, 0.29) is 0 Å². The molecule has 2 bridgehead atoms. The van der Waals surface area contributed by atoms with E-state index in [0.717, 1.165) is 12.0 Å². The zero-order valence-corrected chi connectivity index (χ0v) is 15.4. The molecule has 6 nitrogen and oxygen atoms in total. The highest BCUT2D eigenvalue weighted by atomic mass is 32.1. The van der Waals surface area contributed by atoms with Gasteiger partial charge < -0.3 is 19.5 Å². The number of rotatable bonds is 6. The second-order valence-corrected chi connectivity index (χ2v) is 6.60. The first kappa shape index (κ1) is 17.5. The first-order valence-corrected chi connectivity index (χ1v) is 8.63. The van der Waals surface area contributed by atoms with Crippen molar-refractivity contribution in [1.82, 2.24) is 10.7 Å². The van der Waals surface area contributed by atoms with Crippen molar-refractivity contribution in [3.05, 3.63) is 29.8 Å². The van der Waals surface area contributed by atoms with Crippen LogP contribution in [-0.2, 0) is 0 Å². The van der Waals surface area contributed by atoms with E-state index < -0.39 is 0 Å². The molecule has 2 aliphatic rings. The van der Waals surface area contributed by atoms with E-state index in [2.05, 4.69) is 28.0 Å². The molecule has 25 heavy (non-hydrogen) atoms. The number of hydrazone groups is 1. The largest absolute Gasteiger partial charge is 0.493 e. The third-order valence-electron chi connectivity index (χ3n) is 4.66. The van der Waals surface area contributed by atoms with Crippen LogP contribution in [0.25, 0.3) is 0 Å². The molecular weight excluding hydrogens is 338 g/mol. The Morgan fingerprint density at radius 3 is 2.36 bits per heavy atom. The van der Waals surface area contributed by atoms with Gasteiger partial charge in [-0.05, 0) is 49.0 Å². The highest BCUT2D eigenvalue weighted by Gasteiger charge is 2.35. The van der Waals surface area contributed by atoms with Gasteiger partial charge in [0.1, 0.15) is 0 Å². The van der Waals surface area contributed by atoms with Gasteiger partial charge in [0, 0.05) is 11.6 Å². The fourth-order valence-corrected chi connectivity index (χ4v) is 3.69. The van der Waals surface area contributed by atoms with Crippen molar-refractivity contribution in [1.29, 1.82) is 0 Å². The maximum Gasteiger partial charge on any atom is 0.203 e. The second kappa shape index (κ2) is 7.74. The maximum atomic E-state index is 5.33. The number of nitrogens with zero attached hydrogens (tertiary/aromatic N) is 1. The Labute approximate surface area is 153 Å². The van der Waals surface area contributed by atoms with Gasteiger partial charge in [-0.25, -0.2) is 0 Å². The standard InChI is InChI=1S/C18H23N3O3S/c1-22-15-8-12(9-16(23-2)17(15)24-3)10-19-21-18(25)20-14-7-11-4-5-13(14)6-11/h4-5,8-11,13-14H,6-7H2,1-3H3,(H2,20,21,25)/b19-10-/t11-,13-,14+/m0/s1. The Morgan fingerprint density at radius 2 is 1.84 bits per heavy atom. The second-order valence-electron chi connectivity index (χ2n) is 6.19. The van der Waals surface area contributed by atoms with Crippen molar-refractivity contribution in [2.45, 2.75) is 18.9 Å². The topological polar surface area (TPSA) is 64.1 Å². The number of ether oxygens (including phenoxy) is 3. The Morgan fingerprint density at radius 1 is 1.12 bits per heavy atom. The molecule has 0 saturated heterocycles. The number of hydrogen-bond donors (Lipinski definition) is 2. The van der Waals surface area contributed by atoms with Gasteiger partial charge in [-0.1, -0.05) is 12.2 Å². The lowest BCUT2D eigenvalue weighted by Gasteiger charge is -2.20. The molecule has 1 aromatic carbocycles. The van der Waals surface area contributed by atoms with Crippen LogP contribution in [-0.4, -0.2) is 38.7 Å². The van der Waals surface area contributed by atoms with Crippen molar-refractivity contribution >= 4 is 23.5 Å². The number of nitrogens with one attached hydrogen (secondary N) is 2. The Kier molecular flexibility index (Phi) is 5.43. The van der Waals surface area contributed by atoms with E-state index in [4.69, 9.17) is 26.4 Å². The smallest absolute Gasteiger partial charge is 0.203 e. The summed E-state index contributed by atoms with van der Waals surface area (Å²) in [7, 11) is 4.74. The molecule has 0 aliphatic heterocycles. The molecule has 0 unspecified atom stereocenters. The Hall–Kier alpha value is -2.28. The summed E-state index contributed by atoms with van der Waals surface area (Å²) < 4.78 is 16.0. The number of allylic oxidation sites excluding steroid dienone is 1. The molecule has 2 N–H and O–H groups in total. The predicted molar refractivity (Wildman–Crippen MR) is 102 cm³/mol. The third kappa shape index (κ3) is 3.87. The van der Waals surface area contributed by atoms with Crippen LogP contribution in [0.1, 0.15) is 18.4 Å². The Bertz CT molecular complexity index is 680. The molecule has 0 heterocycles. The summed E-state index contributed by atoms with van der Waals surface area (Å²) in [4.78, 5) is 0. The van der Waals surface area contributed by atoms with Crippen LogP contribution in [0.15, 0.2) is 29.4 Å². The maximum absolute atomic E-state index is 5.33. The first-order valence-electron chi connectivity index (χ1n) is 8.22. The van der Waals surface area contributed by atoms with Crippen LogP contribution in [0.3, 0.4) is 0 Å². The molecule has 2 aliphatic carbocycles. The summed E-state index contributed by atoms with van der Waals surface area (Å²) in [6.07, 6.45) is 8.63. The minimum atomic E-state index is 0.409. The number of methoxy groups -OCH3 is 3. The van der Waals surface area contributed by atoms with Crippen molar-refractivity contribution in [3.8, 4) is 17.2 Å². The summed E-state index contributed by atoms with van der Waals surface area (Å²) >= 11 is 5.33. The van der Waals surface area contributed by atoms with Crippen LogP contribution in [0, 0.1) is 11.8 Å². The van der Waals surface area contributed by atoms with Crippen LogP contribution in [0.5, 0.6) is 17.2 Å². The summed E-state index contributed by atoms with van der Waals surface area (Å²) in [5.41, 5.74) is 3.69. The van der Waals surface area contributed by atoms with Gasteiger partial charge in [-0.2, -0.15) is 5.10 Å². The molecular formula is C18H23N3O3S. The van der Waals surface area contributed by atoms with Gasteiger partial charge in [-0.3, -0.25) is 5.43 Å². The first-order chi connectivity index (χ1) is 12.1. The summed E-state index contributed by atoms with van der Waals surface area (Å²) in [5.74, 6) is 3.00. The summed E-state index contributed by atoms with van der Waals surface area (Å²) in [6, 6.07) is 4.05. The third-order valence-corrected chi connectivity index (χ3v) is 4.87. The number of benzene rings is 1. The molecule has 134 valence electrons. The lowest BCUT2D eigenvalue weighted by atomic mass is 10.0. The summed E-state index contributed by atoms with van der Waals surface area (Å²) in [5, 5.41) is 8.09. The molecule has 3 rings (SSSR count). The van der Waals surface area contributed by atoms with Gasteiger partial charge in [-0.15, -0.1) is 0 Å². The van der Waals surface area contributed by atoms with Gasteiger partial charge >= 0.3 is 0 Å². The average Bonchev–Trinajstić information content (AvgIpc) is 3.23. The number of hydrogen-bond acceptors (Lipinski definition) is 5. The predicted octanol–water partition coefficient (Wildman–Crippen LogP) is 2.48. The van der Waals surface area contributed by atoms with Crippen LogP contribution in [0.4, 0.5) is 0 Å². The van der Waals surface area contributed by atoms with E-state index in [1.807, 2.05) is 12.1 Å². The number of fused-ring (bicyclic) bond motifs is 2. The average molecular weight is 361 g/mol. The zero-order valence-electron chi connectivity index (χ0n) is 14.6. The normalized spacial score (nSPS) is 23.7. The van der Waals surface area contributed by atoms with Crippen LogP contribution < -0.4 is 25.0 Å². The van der Waals surface area contributed by atoms with Crippen molar-refractivity contribution < 1.29 is 14.2 Å². The monoisotopic (exact) mass is 361 g/mol. The lowest BCUT2D eigenvalue weighted by Crippen LogP contribution is -2.42. The van der Waals surface area contributed by atoms with Gasteiger partial charge in [0.05, 0.1) is 27.5 Å². The molecule has 0 radical (unpaired) electrons. The van der Waals surface area contributed by atoms with Gasteiger partial charge in [0.25, 0.3) is 0 Å². The highest BCUT2D eigenvalue weighted by Crippen LogP contribution is 2.39. The molecule has 1 saturated carbocycles. The van der Waals surface area contributed by atoms with Crippen molar-refractivity contribution in [2.75, 3.05) is 21.3 Å². The lowest BCUT2D eigenvalue weighted by molar-refractivity contribution is 0.324. The van der Waals surface area contributed by atoms with Gasteiger partial charge in [0.15, 0.2) is 16.6 Å². The van der Waals surface area contributed by atoms with Crippen molar-refractivity contribution in [3.63, 3.8) is 0 Å². The van der Waals surface area contributed by atoms with Gasteiger partial charge in [0.2, 0.25) is 5.75 Å². The van der Waals surface area contributed by atoms with E-state index in [0.29, 0.717) is 40.2 Å². The zero-order chi connectivity index (χ0) is 17.8. The Balaban J connectivity index is 1.60. The SMILES string of the molecule is COc1cc(/C=N\NC(=S)N[C@@H]2C[C@H]3C=C[C@H]2C3)cc(OC)c1OC. The van der Waals surface area contributed by atoms with E-state index in [1.165, 1.54) is 6.42 Å². The minimum Gasteiger partial charge on any atom is -0.493 e. The number of thiocarbonyl (C=S) groups is 1. The highest BCUT2D eigenvalue weighted by molar-refractivity contribution is 7.80. The van der Waals surface area contributed by atoms with Crippen molar-refractivity contribution in [2.24, 2.45) is 16.9 Å². The summed E-state index contributed by atoms with van der Waals surface area (Å²) in [6.45, 7) is 0. The molecule has 7 heteroatoms. The molecule has 1 fully saturated rings. The quantitative estimate of drug-likeness (QED) is 0.351. The van der Waals surface area contributed by atoms with E-state index in [9.17, 15) is 0 Å².